The number of methoxy groups -OCH3 is 2. The molecule has 1 aromatic rings. The van der Waals surface area contributed by atoms with Crippen LogP contribution in [0.5, 0.6) is 11.5 Å². The van der Waals surface area contributed by atoms with Crippen molar-refractivity contribution in [1.29, 1.82) is 0 Å². The SMILES string of the molecule is COc1c2c(c(C)c3c1C(=O)OC3)O[C@]1(C)C[C@]3(O)OC[C@@]4(C)O[C@@]5(OC)CC[C@](C)([C@@H]1C2)[C@]43O5. The Labute approximate surface area is 203 Å². The second kappa shape index (κ2) is 6.14. The first-order chi connectivity index (χ1) is 16.4. The first-order valence-corrected chi connectivity index (χ1v) is 12.3. The molecular formula is C26H32O9. The lowest BCUT2D eigenvalue weighted by molar-refractivity contribution is -0.436. The molecule has 5 aliphatic heterocycles. The molecule has 35 heavy (non-hydrogen) atoms. The molecule has 3 saturated heterocycles. The summed E-state index contributed by atoms with van der Waals surface area (Å²) in [5.41, 5.74) is -0.424. The maximum atomic E-state index is 12.6. The van der Waals surface area contributed by atoms with Gasteiger partial charge in [-0.2, -0.15) is 0 Å². The molecule has 1 N–H and O–H groups in total. The Morgan fingerprint density at radius 1 is 1.09 bits per heavy atom. The van der Waals surface area contributed by atoms with E-state index in [0.29, 0.717) is 36.3 Å². The highest BCUT2D eigenvalue weighted by atomic mass is 16.9. The van der Waals surface area contributed by atoms with E-state index < -0.39 is 34.0 Å². The summed E-state index contributed by atoms with van der Waals surface area (Å²) in [6.07, 6.45) is 1.98. The molecule has 9 heteroatoms. The number of esters is 1. The van der Waals surface area contributed by atoms with Gasteiger partial charge in [0.05, 0.1) is 13.7 Å². The molecule has 0 radical (unpaired) electrons. The van der Waals surface area contributed by atoms with Crippen LogP contribution in [0.25, 0.3) is 0 Å². The molecule has 5 heterocycles. The quantitative estimate of drug-likeness (QED) is 0.630. The lowest BCUT2D eigenvalue weighted by Crippen LogP contribution is -2.79. The molecule has 7 rings (SSSR count). The summed E-state index contributed by atoms with van der Waals surface area (Å²) in [6.45, 7) is 8.48. The standard InChI is InChI=1S/C26H32O9/c1-13-15-10-31-20(27)17(15)19(29-5)14-9-16-21(2)7-8-25(30-6)34-23(4)12-32-24(28,26(21,23)35-25)11-22(16,3)33-18(13)14/h16,28H,7-12H2,1-6H3/t16-,21+,22+,23+,24-,25-,26-/m0/s1. The van der Waals surface area contributed by atoms with E-state index in [2.05, 4.69) is 6.92 Å². The van der Waals surface area contributed by atoms with Crippen molar-refractivity contribution in [2.24, 2.45) is 11.3 Å². The third-order valence-corrected chi connectivity index (χ3v) is 10.1. The third kappa shape index (κ3) is 2.16. The number of rotatable bonds is 2. The molecule has 0 unspecified atom stereocenters. The van der Waals surface area contributed by atoms with Crippen molar-refractivity contribution in [1.82, 2.24) is 0 Å². The van der Waals surface area contributed by atoms with Crippen LogP contribution in [0, 0.1) is 18.3 Å². The maximum Gasteiger partial charge on any atom is 0.342 e. The van der Waals surface area contributed by atoms with E-state index in [1.165, 1.54) is 0 Å². The van der Waals surface area contributed by atoms with Gasteiger partial charge < -0.3 is 38.3 Å². The summed E-state index contributed by atoms with van der Waals surface area (Å²) in [5.74, 6) is -2.09. The van der Waals surface area contributed by atoms with Gasteiger partial charge in [-0.1, -0.05) is 6.92 Å². The molecule has 6 aliphatic rings. The van der Waals surface area contributed by atoms with Gasteiger partial charge in [-0.25, -0.2) is 4.79 Å². The van der Waals surface area contributed by atoms with Crippen molar-refractivity contribution in [2.75, 3.05) is 20.8 Å². The number of carbonyl (C=O) groups excluding carboxylic acids is 1. The first-order valence-electron chi connectivity index (χ1n) is 12.3. The Morgan fingerprint density at radius 2 is 1.86 bits per heavy atom. The summed E-state index contributed by atoms with van der Waals surface area (Å²) in [5, 5.41) is 12.2. The summed E-state index contributed by atoms with van der Waals surface area (Å²) in [4.78, 5) is 12.6. The fourth-order valence-electron chi connectivity index (χ4n) is 8.75. The molecule has 0 amide bonds. The number of fused-ring (bicyclic) bond motifs is 5. The second-order valence-electron chi connectivity index (χ2n) is 11.7. The Balaban J connectivity index is 1.45. The summed E-state index contributed by atoms with van der Waals surface area (Å²) < 4.78 is 43.1. The topological polar surface area (TPSA) is 102 Å². The molecule has 0 aromatic heterocycles. The van der Waals surface area contributed by atoms with Gasteiger partial charge in [-0.3, -0.25) is 0 Å². The average Bonchev–Trinajstić information content (AvgIpc) is 3.37. The fourth-order valence-corrected chi connectivity index (χ4v) is 8.75. The third-order valence-electron chi connectivity index (χ3n) is 10.1. The highest BCUT2D eigenvalue weighted by Gasteiger charge is 2.89. The van der Waals surface area contributed by atoms with Crippen molar-refractivity contribution in [2.45, 2.75) is 88.5 Å². The molecule has 1 saturated carbocycles. The van der Waals surface area contributed by atoms with Gasteiger partial charge in [-0.15, -0.1) is 0 Å². The second-order valence-corrected chi connectivity index (χ2v) is 11.7. The normalized spacial score (nSPS) is 48.4. The molecule has 1 spiro atoms. The van der Waals surface area contributed by atoms with E-state index in [0.717, 1.165) is 16.7 Å². The number of cyclic esters (lactones) is 1. The van der Waals surface area contributed by atoms with Crippen LogP contribution < -0.4 is 9.47 Å². The van der Waals surface area contributed by atoms with E-state index in [1.54, 1.807) is 14.2 Å². The van der Waals surface area contributed by atoms with E-state index in [1.807, 2.05) is 20.8 Å². The molecule has 9 nitrogen and oxygen atoms in total. The molecule has 1 aliphatic carbocycles. The zero-order chi connectivity index (χ0) is 24.8. The average molecular weight is 489 g/mol. The summed E-state index contributed by atoms with van der Waals surface area (Å²) in [7, 11) is 3.15. The van der Waals surface area contributed by atoms with Crippen molar-refractivity contribution >= 4 is 5.97 Å². The predicted octanol–water partition coefficient (Wildman–Crippen LogP) is 2.75. The van der Waals surface area contributed by atoms with Crippen LogP contribution in [-0.4, -0.2) is 60.5 Å². The van der Waals surface area contributed by atoms with Crippen molar-refractivity contribution in [3.63, 3.8) is 0 Å². The van der Waals surface area contributed by atoms with Crippen LogP contribution in [-0.2, 0) is 36.7 Å². The smallest absolute Gasteiger partial charge is 0.342 e. The van der Waals surface area contributed by atoms with Crippen LogP contribution >= 0.6 is 0 Å². The van der Waals surface area contributed by atoms with Crippen LogP contribution in [0.4, 0.5) is 0 Å². The highest BCUT2D eigenvalue weighted by molar-refractivity contribution is 5.98. The van der Waals surface area contributed by atoms with Crippen LogP contribution in [0.3, 0.4) is 0 Å². The Morgan fingerprint density at radius 3 is 2.57 bits per heavy atom. The lowest BCUT2D eigenvalue weighted by atomic mass is 9.45. The van der Waals surface area contributed by atoms with Crippen LogP contribution in [0.1, 0.15) is 67.1 Å². The number of hydrogen-bond donors (Lipinski definition) is 1. The molecule has 190 valence electrons. The summed E-state index contributed by atoms with van der Waals surface area (Å²) >= 11 is 0. The predicted molar refractivity (Wildman–Crippen MR) is 119 cm³/mol. The lowest BCUT2D eigenvalue weighted by Gasteiger charge is -2.66. The zero-order valence-corrected chi connectivity index (χ0v) is 21.0. The van der Waals surface area contributed by atoms with Gasteiger partial charge in [0.1, 0.15) is 34.9 Å². The minimum Gasteiger partial charge on any atom is -0.495 e. The molecule has 1 aromatic carbocycles. The number of ether oxygens (including phenoxy) is 7. The van der Waals surface area contributed by atoms with Gasteiger partial charge in [0.25, 0.3) is 5.97 Å². The zero-order valence-electron chi connectivity index (χ0n) is 21.0. The summed E-state index contributed by atoms with van der Waals surface area (Å²) in [6, 6.07) is 0. The van der Waals surface area contributed by atoms with Gasteiger partial charge in [-0.05, 0) is 39.2 Å². The minimum absolute atomic E-state index is 0.0934. The number of hydrogen-bond acceptors (Lipinski definition) is 9. The number of benzene rings is 1. The van der Waals surface area contributed by atoms with Crippen molar-refractivity contribution in [3.8, 4) is 11.5 Å². The number of aliphatic hydroxyl groups is 1. The Kier molecular flexibility index (Phi) is 3.91. The molecule has 4 fully saturated rings. The van der Waals surface area contributed by atoms with Gasteiger partial charge in [0, 0.05) is 42.4 Å². The van der Waals surface area contributed by atoms with Crippen LogP contribution in [0.2, 0.25) is 0 Å². The highest BCUT2D eigenvalue weighted by Crippen LogP contribution is 2.75. The van der Waals surface area contributed by atoms with E-state index in [9.17, 15) is 9.90 Å². The monoisotopic (exact) mass is 488 g/mol. The van der Waals surface area contributed by atoms with E-state index >= 15 is 0 Å². The largest absolute Gasteiger partial charge is 0.495 e. The van der Waals surface area contributed by atoms with Gasteiger partial charge in [0.2, 0.25) is 5.79 Å². The van der Waals surface area contributed by atoms with Crippen molar-refractivity contribution in [3.05, 3.63) is 22.3 Å². The first kappa shape index (κ1) is 22.3. The van der Waals surface area contributed by atoms with Crippen molar-refractivity contribution < 1.29 is 43.1 Å². The molecule has 7 atom stereocenters. The minimum atomic E-state index is -1.63. The number of carbonyl (C=O) groups is 1. The van der Waals surface area contributed by atoms with Crippen LogP contribution in [0.15, 0.2) is 0 Å². The maximum absolute atomic E-state index is 12.6. The molecular weight excluding hydrogens is 456 g/mol. The Hall–Kier alpha value is -1.91. The Bertz CT molecular complexity index is 1200. The van der Waals surface area contributed by atoms with E-state index in [-0.39, 0.29) is 31.5 Å². The molecule has 2 bridgehead atoms. The van der Waals surface area contributed by atoms with Gasteiger partial charge in [0.15, 0.2) is 5.60 Å². The van der Waals surface area contributed by atoms with Gasteiger partial charge >= 0.3 is 5.97 Å². The van der Waals surface area contributed by atoms with E-state index in [4.69, 9.17) is 33.2 Å². The fraction of sp³-hybridized carbons (Fsp3) is 0.731.